The maximum Gasteiger partial charge on any atom is 0.417 e. The summed E-state index contributed by atoms with van der Waals surface area (Å²) in [5.41, 5.74) is -1.48. The van der Waals surface area contributed by atoms with Crippen LogP contribution in [0, 0.1) is 17.5 Å². The van der Waals surface area contributed by atoms with E-state index in [4.69, 9.17) is 0 Å². The summed E-state index contributed by atoms with van der Waals surface area (Å²) >= 11 is 0. The van der Waals surface area contributed by atoms with Gasteiger partial charge in [-0.1, -0.05) is 24.3 Å². The number of benzene rings is 3. The Labute approximate surface area is 183 Å². The monoisotopic (exact) mass is 461 g/mol. The summed E-state index contributed by atoms with van der Waals surface area (Å²) in [7, 11) is 0. The highest BCUT2D eigenvalue weighted by molar-refractivity contribution is 5.82. The molecule has 33 heavy (non-hydrogen) atoms. The fourth-order valence-electron chi connectivity index (χ4n) is 2.98. The van der Waals surface area contributed by atoms with Gasteiger partial charge in [0, 0.05) is 11.3 Å². The third-order valence-corrected chi connectivity index (χ3v) is 4.51. The molecule has 0 radical (unpaired) electrons. The molecule has 0 aliphatic rings. The average Bonchev–Trinajstić information content (AvgIpc) is 3.15. The van der Waals surface area contributed by atoms with Crippen LogP contribution in [-0.2, 0) is 6.18 Å². The van der Waals surface area contributed by atoms with E-state index in [1.807, 2.05) is 0 Å². The van der Waals surface area contributed by atoms with Crippen LogP contribution < -0.4 is 5.32 Å². The lowest BCUT2D eigenvalue weighted by atomic mass is 10.1. The highest BCUT2D eigenvalue weighted by Crippen LogP contribution is 2.32. The van der Waals surface area contributed by atoms with Crippen LogP contribution in [0.5, 0.6) is 0 Å². The molecule has 1 N–H and O–H groups in total. The first kappa shape index (κ1) is 22.1. The van der Waals surface area contributed by atoms with Crippen molar-refractivity contribution < 1.29 is 26.3 Å². The minimum atomic E-state index is -4.65. The van der Waals surface area contributed by atoms with Gasteiger partial charge in [-0.05, 0) is 42.5 Å². The molecule has 1 aromatic heterocycles. The van der Waals surface area contributed by atoms with E-state index in [0.717, 1.165) is 47.3 Å². The molecule has 0 aliphatic heterocycles. The van der Waals surface area contributed by atoms with E-state index in [1.165, 1.54) is 30.3 Å². The molecule has 5 nitrogen and oxygen atoms in total. The number of alkyl halides is 3. The summed E-state index contributed by atoms with van der Waals surface area (Å²) in [6, 6.07) is 12.8. The largest absolute Gasteiger partial charge is 0.417 e. The van der Waals surface area contributed by atoms with Crippen molar-refractivity contribution in [2.45, 2.75) is 6.18 Å². The van der Waals surface area contributed by atoms with E-state index >= 15 is 0 Å². The molecule has 3 aromatic carbocycles. The lowest BCUT2D eigenvalue weighted by Gasteiger charge is -2.10. The molecule has 0 aliphatic carbocycles. The van der Waals surface area contributed by atoms with E-state index in [1.54, 1.807) is 0 Å². The Morgan fingerprint density at radius 2 is 1.48 bits per heavy atom. The van der Waals surface area contributed by atoms with Gasteiger partial charge in [-0.3, -0.25) is 0 Å². The van der Waals surface area contributed by atoms with Gasteiger partial charge in [0.25, 0.3) is 0 Å². The number of nitrogens with zero attached hydrogens (tertiary/aromatic N) is 4. The van der Waals surface area contributed by atoms with Crippen LogP contribution in [0.15, 0.2) is 71.8 Å². The van der Waals surface area contributed by atoms with Crippen LogP contribution in [0.4, 0.5) is 38.0 Å². The number of nitrogens with one attached hydrogen (secondary N) is 1. The van der Waals surface area contributed by atoms with Crippen molar-refractivity contribution >= 4 is 17.9 Å². The van der Waals surface area contributed by atoms with Crippen LogP contribution in [0.2, 0.25) is 0 Å². The Kier molecular flexibility index (Phi) is 5.86. The molecular weight excluding hydrogens is 448 g/mol. The van der Waals surface area contributed by atoms with E-state index in [2.05, 4.69) is 20.6 Å². The molecule has 168 valence electrons. The van der Waals surface area contributed by atoms with Crippen LogP contribution in [-0.4, -0.2) is 21.1 Å². The van der Waals surface area contributed by atoms with Crippen molar-refractivity contribution in [2.24, 2.45) is 5.10 Å². The maximum absolute atomic E-state index is 14.4. The second-order valence-electron chi connectivity index (χ2n) is 6.72. The molecule has 4 aromatic rings. The SMILES string of the molecule is Fc1ccc(Nc2nnc(-c3c(F)cccc3F)n2/N=C/c2ccccc2C(F)(F)F)cc1. The van der Waals surface area contributed by atoms with Crippen LogP contribution in [0.25, 0.3) is 11.4 Å². The van der Waals surface area contributed by atoms with Crippen LogP contribution in [0.3, 0.4) is 0 Å². The zero-order chi connectivity index (χ0) is 23.6. The van der Waals surface area contributed by atoms with E-state index in [9.17, 15) is 26.3 Å². The highest BCUT2D eigenvalue weighted by atomic mass is 19.4. The fourth-order valence-corrected chi connectivity index (χ4v) is 2.98. The van der Waals surface area contributed by atoms with Gasteiger partial charge in [0.05, 0.1) is 17.3 Å². The van der Waals surface area contributed by atoms with Gasteiger partial charge in [-0.25, -0.2) is 13.2 Å². The average molecular weight is 461 g/mol. The van der Waals surface area contributed by atoms with Crippen LogP contribution >= 0.6 is 0 Å². The van der Waals surface area contributed by atoms with Gasteiger partial charge in [0.2, 0.25) is 5.95 Å². The Morgan fingerprint density at radius 3 is 2.15 bits per heavy atom. The summed E-state index contributed by atoms with van der Waals surface area (Å²) in [6.45, 7) is 0. The molecule has 4 rings (SSSR count). The first-order chi connectivity index (χ1) is 15.7. The third-order valence-electron chi connectivity index (χ3n) is 4.51. The molecule has 0 saturated carbocycles. The van der Waals surface area contributed by atoms with Crippen molar-refractivity contribution in [2.75, 3.05) is 5.32 Å². The number of hydrogen-bond donors (Lipinski definition) is 1. The predicted molar refractivity (Wildman–Crippen MR) is 109 cm³/mol. The highest BCUT2D eigenvalue weighted by Gasteiger charge is 2.32. The summed E-state index contributed by atoms with van der Waals surface area (Å²) in [4.78, 5) is 0. The first-order valence-electron chi connectivity index (χ1n) is 9.37. The summed E-state index contributed by atoms with van der Waals surface area (Å²) < 4.78 is 82.8. The molecule has 0 bridgehead atoms. The number of anilines is 2. The second-order valence-corrected chi connectivity index (χ2v) is 6.72. The van der Waals surface area contributed by atoms with Crippen molar-refractivity contribution in [1.29, 1.82) is 0 Å². The standard InChI is InChI=1S/C22H13F6N5/c23-14-8-10-15(11-9-14)30-21-32-31-20(19-17(24)6-3-7-18(19)25)33(21)29-12-13-4-1-2-5-16(13)22(26,27)28/h1-12H,(H,30,32)/b29-12+. The zero-order valence-electron chi connectivity index (χ0n) is 16.5. The Bertz CT molecular complexity index is 1290. The van der Waals surface area contributed by atoms with E-state index < -0.39 is 40.6 Å². The van der Waals surface area contributed by atoms with Crippen molar-refractivity contribution in [3.05, 3.63) is 95.3 Å². The quantitative estimate of drug-likeness (QED) is 0.293. The zero-order valence-corrected chi connectivity index (χ0v) is 16.5. The Hall–Kier alpha value is -4.15. The second kappa shape index (κ2) is 8.77. The number of hydrogen-bond acceptors (Lipinski definition) is 4. The molecule has 0 saturated heterocycles. The molecule has 0 fully saturated rings. The number of aromatic nitrogens is 3. The molecular formula is C22H13F6N5. The van der Waals surface area contributed by atoms with Gasteiger partial charge in [0.1, 0.15) is 17.5 Å². The summed E-state index contributed by atoms with van der Waals surface area (Å²) in [5, 5.41) is 14.3. The van der Waals surface area contributed by atoms with E-state index in [-0.39, 0.29) is 11.5 Å². The molecule has 1 heterocycles. The molecule has 11 heteroatoms. The predicted octanol–water partition coefficient (Wildman–Crippen LogP) is 6.01. The lowest BCUT2D eigenvalue weighted by Crippen LogP contribution is -2.09. The number of rotatable bonds is 5. The lowest BCUT2D eigenvalue weighted by molar-refractivity contribution is -0.137. The van der Waals surface area contributed by atoms with Crippen molar-refractivity contribution in [1.82, 2.24) is 14.9 Å². The van der Waals surface area contributed by atoms with Gasteiger partial charge in [-0.15, -0.1) is 10.2 Å². The Balaban J connectivity index is 1.83. The summed E-state index contributed by atoms with van der Waals surface area (Å²) in [5.74, 6) is -3.00. The van der Waals surface area contributed by atoms with Gasteiger partial charge in [0.15, 0.2) is 5.82 Å². The topological polar surface area (TPSA) is 55.1 Å². The maximum atomic E-state index is 14.4. The van der Waals surface area contributed by atoms with Gasteiger partial charge in [-0.2, -0.15) is 22.9 Å². The molecule has 0 spiro atoms. The smallest absolute Gasteiger partial charge is 0.323 e. The fraction of sp³-hybridized carbons (Fsp3) is 0.0455. The van der Waals surface area contributed by atoms with Gasteiger partial charge >= 0.3 is 6.18 Å². The van der Waals surface area contributed by atoms with Crippen molar-refractivity contribution in [3.8, 4) is 11.4 Å². The molecule has 0 unspecified atom stereocenters. The van der Waals surface area contributed by atoms with E-state index in [0.29, 0.717) is 5.69 Å². The minimum absolute atomic E-state index is 0.167. The summed E-state index contributed by atoms with van der Waals surface area (Å²) in [6.07, 6.45) is -3.77. The first-order valence-corrected chi connectivity index (χ1v) is 9.37. The van der Waals surface area contributed by atoms with Crippen LogP contribution in [0.1, 0.15) is 11.1 Å². The van der Waals surface area contributed by atoms with Gasteiger partial charge < -0.3 is 5.32 Å². The molecule has 0 atom stereocenters. The molecule has 0 amide bonds. The normalized spacial score (nSPS) is 11.8. The third kappa shape index (κ3) is 4.71. The number of halogens is 6. The van der Waals surface area contributed by atoms with Crippen molar-refractivity contribution in [3.63, 3.8) is 0 Å². The minimum Gasteiger partial charge on any atom is -0.323 e. The Morgan fingerprint density at radius 1 is 0.818 bits per heavy atom.